The molecule has 0 radical (unpaired) electrons. The number of hydrogen-bond donors (Lipinski definition) is 1. The van der Waals surface area contributed by atoms with E-state index in [9.17, 15) is 0 Å². The van der Waals surface area contributed by atoms with Crippen LogP contribution in [0.2, 0.25) is 0 Å². The van der Waals surface area contributed by atoms with E-state index in [0.29, 0.717) is 6.04 Å². The Balaban J connectivity index is 1.96. The van der Waals surface area contributed by atoms with Crippen LogP contribution in [0.4, 0.5) is 5.13 Å². The number of ether oxygens (including phenoxy) is 1. The number of aromatic nitrogens is 1. The molecule has 2 heterocycles. The highest BCUT2D eigenvalue weighted by atomic mass is 32.1. The second-order valence-corrected chi connectivity index (χ2v) is 7.02. The van der Waals surface area contributed by atoms with Gasteiger partial charge in [0, 0.05) is 37.7 Å². The maximum Gasteiger partial charge on any atom is 0.185 e. The topological polar surface area (TPSA) is 37.4 Å². The lowest BCUT2D eigenvalue weighted by atomic mass is 9.98. The van der Waals surface area contributed by atoms with E-state index in [0.717, 1.165) is 32.2 Å². The Hall–Kier alpha value is -0.650. The normalized spacial score (nSPS) is 18.2. The molecule has 1 unspecified atom stereocenters. The van der Waals surface area contributed by atoms with Gasteiger partial charge in [-0.25, -0.2) is 4.98 Å². The quantitative estimate of drug-likeness (QED) is 0.838. The third-order valence-electron chi connectivity index (χ3n) is 4.20. The summed E-state index contributed by atoms with van der Waals surface area (Å²) in [6, 6.07) is 0.405. The SMILES string of the molecule is CCCNC(C)c1sc(N2CCC(COC)CC2)nc1C. The largest absolute Gasteiger partial charge is 0.384 e. The van der Waals surface area contributed by atoms with Crippen molar-refractivity contribution in [2.75, 3.05) is 38.3 Å². The number of anilines is 1. The van der Waals surface area contributed by atoms with Gasteiger partial charge in [0.15, 0.2) is 5.13 Å². The van der Waals surface area contributed by atoms with Crippen LogP contribution in [-0.4, -0.2) is 38.3 Å². The fraction of sp³-hybridized carbons (Fsp3) is 0.812. The van der Waals surface area contributed by atoms with Crippen molar-refractivity contribution >= 4 is 16.5 Å². The molecule has 4 nitrogen and oxygen atoms in total. The van der Waals surface area contributed by atoms with Crippen molar-refractivity contribution in [2.24, 2.45) is 5.92 Å². The summed E-state index contributed by atoms with van der Waals surface area (Å²) < 4.78 is 5.27. The van der Waals surface area contributed by atoms with E-state index in [4.69, 9.17) is 9.72 Å². The second kappa shape index (κ2) is 8.11. The first-order valence-electron chi connectivity index (χ1n) is 8.10. The van der Waals surface area contributed by atoms with Crippen LogP contribution in [0.5, 0.6) is 0 Å². The predicted octanol–water partition coefficient (Wildman–Crippen LogP) is 3.37. The standard InChI is InChI=1S/C16H29N3OS/c1-5-8-17-12(2)15-13(3)18-16(21-15)19-9-6-14(7-10-19)11-20-4/h12,14,17H,5-11H2,1-4H3. The Bertz CT molecular complexity index is 427. The third-order valence-corrected chi connectivity index (χ3v) is 5.60. The third kappa shape index (κ3) is 4.41. The van der Waals surface area contributed by atoms with Gasteiger partial charge in [-0.15, -0.1) is 11.3 Å². The first-order valence-corrected chi connectivity index (χ1v) is 8.92. The van der Waals surface area contributed by atoms with Crippen molar-refractivity contribution in [3.05, 3.63) is 10.6 Å². The molecule has 2 rings (SSSR count). The Morgan fingerprint density at radius 2 is 2.14 bits per heavy atom. The molecule has 5 heteroatoms. The number of methoxy groups -OCH3 is 1. The van der Waals surface area contributed by atoms with E-state index >= 15 is 0 Å². The van der Waals surface area contributed by atoms with Crippen molar-refractivity contribution in [2.45, 2.75) is 46.1 Å². The summed E-state index contributed by atoms with van der Waals surface area (Å²) in [5, 5.41) is 4.76. The second-order valence-electron chi connectivity index (χ2n) is 6.01. The molecule has 0 bridgehead atoms. The minimum absolute atomic E-state index is 0.405. The molecule has 120 valence electrons. The predicted molar refractivity (Wildman–Crippen MR) is 90.4 cm³/mol. The zero-order chi connectivity index (χ0) is 15.2. The van der Waals surface area contributed by atoms with Crippen molar-refractivity contribution in [1.29, 1.82) is 0 Å². The van der Waals surface area contributed by atoms with Crippen LogP contribution in [0.3, 0.4) is 0 Å². The number of piperidine rings is 1. The maximum atomic E-state index is 5.27. The highest BCUT2D eigenvalue weighted by Gasteiger charge is 2.23. The molecule has 0 amide bonds. The molecule has 1 aliphatic heterocycles. The van der Waals surface area contributed by atoms with Gasteiger partial charge in [-0.1, -0.05) is 6.92 Å². The van der Waals surface area contributed by atoms with Crippen molar-refractivity contribution < 1.29 is 4.74 Å². The number of aryl methyl sites for hydroxylation is 1. The van der Waals surface area contributed by atoms with Gasteiger partial charge in [-0.3, -0.25) is 0 Å². The first-order chi connectivity index (χ1) is 10.2. The molecule has 1 atom stereocenters. The smallest absolute Gasteiger partial charge is 0.185 e. The van der Waals surface area contributed by atoms with Gasteiger partial charge >= 0.3 is 0 Å². The lowest BCUT2D eigenvalue weighted by Gasteiger charge is -2.31. The Morgan fingerprint density at radius 3 is 2.76 bits per heavy atom. The lowest BCUT2D eigenvalue weighted by Crippen LogP contribution is -2.34. The summed E-state index contributed by atoms with van der Waals surface area (Å²) in [5.41, 5.74) is 1.19. The molecule has 1 aromatic rings. The molecule has 0 aliphatic carbocycles. The molecule has 0 saturated carbocycles. The van der Waals surface area contributed by atoms with Gasteiger partial charge < -0.3 is 15.0 Å². The molecule has 1 aromatic heterocycles. The fourth-order valence-corrected chi connectivity index (χ4v) is 4.06. The highest BCUT2D eigenvalue weighted by molar-refractivity contribution is 7.15. The van der Waals surface area contributed by atoms with Gasteiger partial charge in [-0.2, -0.15) is 0 Å². The number of nitrogens with zero attached hydrogens (tertiary/aromatic N) is 2. The average Bonchev–Trinajstić information content (AvgIpc) is 2.88. The molecular weight excluding hydrogens is 282 g/mol. The molecule has 21 heavy (non-hydrogen) atoms. The van der Waals surface area contributed by atoms with Gasteiger partial charge in [-0.05, 0) is 45.6 Å². The van der Waals surface area contributed by atoms with Crippen molar-refractivity contribution in [3.63, 3.8) is 0 Å². The summed E-state index contributed by atoms with van der Waals surface area (Å²) in [4.78, 5) is 8.64. The Morgan fingerprint density at radius 1 is 1.43 bits per heavy atom. The first kappa shape index (κ1) is 16.7. The number of thiazole rings is 1. The minimum Gasteiger partial charge on any atom is -0.384 e. The summed E-state index contributed by atoms with van der Waals surface area (Å²) in [6.45, 7) is 10.8. The monoisotopic (exact) mass is 311 g/mol. The molecule has 1 saturated heterocycles. The van der Waals surface area contributed by atoms with E-state index < -0.39 is 0 Å². The lowest BCUT2D eigenvalue weighted by molar-refractivity contribution is 0.139. The summed E-state index contributed by atoms with van der Waals surface area (Å²) in [5.74, 6) is 0.719. The van der Waals surface area contributed by atoms with Crippen LogP contribution < -0.4 is 10.2 Å². The van der Waals surface area contributed by atoms with Crippen LogP contribution in [0.25, 0.3) is 0 Å². The van der Waals surface area contributed by atoms with Crippen LogP contribution in [0.15, 0.2) is 0 Å². The number of hydrogen-bond acceptors (Lipinski definition) is 5. The summed E-state index contributed by atoms with van der Waals surface area (Å²) in [6.07, 6.45) is 3.60. The Kier molecular flexibility index (Phi) is 6.45. The molecule has 0 aromatic carbocycles. The average molecular weight is 311 g/mol. The van der Waals surface area contributed by atoms with Gasteiger partial charge in [0.1, 0.15) is 0 Å². The van der Waals surface area contributed by atoms with E-state index in [1.165, 1.54) is 35.0 Å². The molecule has 1 aliphatic rings. The van der Waals surface area contributed by atoms with Crippen molar-refractivity contribution in [1.82, 2.24) is 10.3 Å². The summed E-state index contributed by atoms with van der Waals surface area (Å²) >= 11 is 1.86. The van der Waals surface area contributed by atoms with Crippen molar-refractivity contribution in [3.8, 4) is 0 Å². The molecule has 0 spiro atoms. The zero-order valence-corrected chi connectivity index (χ0v) is 14.6. The molecule has 1 N–H and O–H groups in total. The maximum absolute atomic E-state index is 5.27. The minimum atomic E-state index is 0.405. The zero-order valence-electron chi connectivity index (χ0n) is 13.8. The van der Waals surface area contributed by atoms with E-state index in [2.05, 4.69) is 31.0 Å². The van der Waals surface area contributed by atoms with Gasteiger partial charge in [0.2, 0.25) is 0 Å². The van der Waals surface area contributed by atoms with Crippen LogP contribution in [-0.2, 0) is 4.74 Å². The van der Waals surface area contributed by atoms with Crippen LogP contribution >= 0.6 is 11.3 Å². The fourth-order valence-electron chi connectivity index (χ4n) is 2.91. The van der Waals surface area contributed by atoms with E-state index in [-0.39, 0.29) is 0 Å². The van der Waals surface area contributed by atoms with Crippen LogP contribution in [0, 0.1) is 12.8 Å². The molecule has 1 fully saturated rings. The number of rotatable bonds is 7. The Labute approximate surface area is 132 Å². The van der Waals surface area contributed by atoms with Gasteiger partial charge in [0.05, 0.1) is 5.69 Å². The summed E-state index contributed by atoms with van der Waals surface area (Å²) in [7, 11) is 1.80. The van der Waals surface area contributed by atoms with Crippen LogP contribution in [0.1, 0.15) is 49.7 Å². The highest BCUT2D eigenvalue weighted by Crippen LogP contribution is 2.32. The molecular formula is C16H29N3OS. The van der Waals surface area contributed by atoms with E-state index in [1.807, 2.05) is 11.3 Å². The van der Waals surface area contributed by atoms with Gasteiger partial charge in [0.25, 0.3) is 0 Å². The number of nitrogens with one attached hydrogen (secondary N) is 1. The van der Waals surface area contributed by atoms with E-state index in [1.54, 1.807) is 7.11 Å².